The molecule has 26 heavy (non-hydrogen) atoms. The van der Waals surface area contributed by atoms with Crippen LogP contribution < -0.4 is 5.32 Å². The third-order valence-electron chi connectivity index (χ3n) is 4.46. The Labute approximate surface area is 160 Å². The summed E-state index contributed by atoms with van der Waals surface area (Å²) in [6.07, 6.45) is 5.28. The quantitative estimate of drug-likeness (QED) is 0.710. The van der Waals surface area contributed by atoms with E-state index in [1.807, 2.05) is 50.8 Å². The first-order valence-electron chi connectivity index (χ1n) is 8.21. The summed E-state index contributed by atoms with van der Waals surface area (Å²) in [5.74, 6) is -0.216. The molecule has 0 saturated heterocycles. The van der Waals surface area contributed by atoms with E-state index in [-0.39, 0.29) is 5.91 Å². The number of nitrogens with one attached hydrogen (secondary N) is 1. The third kappa shape index (κ3) is 3.67. The lowest BCUT2D eigenvalue weighted by atomic mass is 10.0. The highest BCUT2D eigenvalue weighted by molar-refractivity contribution is 9.10. The summed E-state index contributed by atoms with van der Waals surface area (Å²) in [6.45, 7) is 6.30. The fraction of sp³-hybridized carbons (Fsp3) is 0.263. The molecule has 0 aliphatic heterocycles. The highest BCUT2D eigenvalue weighted by Crippen LogP contribution is 2.26. The Morgan fingerprint density at radius 2 is 1.88 bits per heavy atom. The molecular formula is C19H20BrN5O. The Hall–Kier alpha value is -2.54. The van der Waals surface area contributed by atoms with Crippen LogP contribution >= 0.6 is 15.9 Å². The van der Waals surface area contributed by atoms with E-state index in [0.717, 1.165) is 38.1 Å². The molecule has 0 aromatic carbocycles. The zero-order valence-electron chi connectivity index (χ0n) is 15.2. The maximum absolute atomic E-state index is 12.6. The summed E-state index contributed by atoms with van der Waals surface area (Å²) in [5, 5.41) is 7.20. The topological polar surface area (TPSA) is 72.7 Å². The van der Waals surface area contributed by atoms with Crippen LogP contribution in [0.4, 0.5) is 0 Å². The van der Waals surface area contributed by atoms with Crippen LogP contribution in [0.1, 0.15) is 33.0 Å². The Morgan fingerprint density at radius 3 is 2.58 bits per heavy atom. The molecule has 0 radical (unpaired) electrons. The molecule has 7 heteroatoms. The number of amides is 1. The summed E-state index contributed by atoms with van der Waals surface area (Å²) in [6, 6.07) is 3.77. The van der Waals surface area contributed by atoms with Crippen LogP contribution in [0.2, 0.25) is 0 Å². The van der Waals surface area contributed by atoms with Crippen LogP contribution in [0.5, 0.6) is 0 Å². The predicted octanol–water partition coefficient (Wildman–Crippen LogP) is 3.49. The van der Waals surface area contributed by atoms with Crippen LogP contribution in [-0.2, 0) is 13.6 Å². The Balaban J connectivity index is 1.83. The molecule has 3 heterocycles. The minimum Gasteiger partial charge on any atom is -0.347 e. The number of aromatic nitrogens is 4. The van der Waals surface area contributed by atoms with E-state index < -0.39 is 0 Å². The van der Waals surface area contributed by atoms with Gasteiger partial charge in [-0.15, -0.1) is 0 Å². The standard InChI is InChI=1S/C19H20BrN5O/c1-11-7-22-18(6-16(11)17-10-24-25(4)13(17)3)19(26)23-8-14-5-15(20)9-21-12(14)2/h5-7,9-10H,8H2,1-4H3,(H,23,26). The van der Waals surface area contributed by atoms with Crippen LogP contribution in [0.15, 0.2) is 35.2 Å². The number of pyridine rings is 2. The van der Waals surface area contributed by atoms with Gasteiger partial charge in [0.2, 0.25) is 0 Å². The molecule has 134 valence electrons. The second kappa shape index (κ2) is 7.37. The number of nitrogens with zero attached hydrogens (tertiary/aromatic N) is 4. The lowest BCUT2D eigenvalue weighted by Gasteiger charge is -2.10. The largest absolute Gasteiger partial charge is 0.347 e. The summed E-state index contributed by atoms with van der Waals surface area (Å²) in [4.78, 5) is 21.1. The third-order valence-corrected chi connectivity index (χ3v) is 4.89. The van der Waals surface area contributed by atoms with Crippen LogP contribution in [0, 0.1) is 20.8 Å². The zero-order chi connectivity index (χ0) is 18.8. The van der Waals surface area contributed by atoms with Crippen molar-refractivity contribution in [1.82, 2.24) is 25.1 Å². The molecule has 3 aromatic rings. The van der Waals surface area contributed by atoms with Crippen molar-refractivity contribution in [2.24, 2.45) is 7.05 Å². The van der Waals surface area contributed by atoms with Gasteiger partial charge < -0.3 is 5.32 Å². The normalized spacial score (nSPS) is 10.8. The first-order valence-corrected chi connectivity index (χ1v) is 9.01. The van der Waals surface area contributed by atoms with Gasteiger partial charge in [0.25, 0.3) is 5.91 Å². The Morgan fingerprint density at radius 1 is 1.12 bits per heavy atom. The van der Waals surface area contributed by atoms with Crippen molar-refractivity contribution >= 4 is 21.8 Å². The van der Waals surface area contributed by atoms with Crippen LogP contribution in [0.25, 0.3) is 11.1 Å². The van der Waals surface area contributed by atoms with E-state index in [1.165, 1.54) is 0 Å². The summed E-state index contributed by atoms with van der Waals surface area (Å²) in [7, 11) is 1.90. The SMILES string of the molecule is Cc1cnc(C(=O)NCc2cc(Br)cnc2C)cc1-c1cnn(C)c1C. The van der Waals surface area contributed by atoms with Crippen molar-refractivity contribution in [2.45, 2.75) is 27.3 Å². The summed E-state index contributed by atoms with van der Waals surface area (Å²) >= 11 is 3.40. The van der Waals surface area contributed by atoms with Gasteiger partial charge in [-0.3, -0.25) is 19.4 Å². The van der Waals surface area contributed by atoms with Gasteiger partial charge in [-0.05, 0) is 65.5 Å². The fourth-order valence-electron chi connectivity index (χ4n) is 2.70. The molecule has 3 rings (SSSR count). The lowest BCUT2D eigenvalue weighted by Crippen LogP contribution is -2.24. The zero-order valence-corrected chi connectivity index (χ0v) is 16.8. The maximum atomic E-state index is 12.6. The highest BCUT2D eigenvalue weighted by Gasteiger charge is 2.14. The Kier molecular flexibility index (Phi) is 5.18. The van der Waals surface area contributed by atoms with E-state index in [0.29, 0.717) is 12.2 Å². The number of aryl methyl sites for hydroxylation is 3. The van der Waals surface area contributed by atoms with E-state index in [4.69, 9.17) is 0 Å². The molecule has 0 saturated carbocycles. The van der Waals surface area contributed by atoms with Gasteiger partial charge >= 0.3 is 0 Å². The number of carbonyl (C=O) groups excluding carboxylic acids is 1. The van der Waals surface area contributed by atoms with Crippen molar-refractivity contribution in [2.75, 3.05) is 0 Å². The Bertz CT molecular complexity index is 980. The summed E-state index contributed by atoms with van der Waals surface area (Å²) in [5.41, 5.74) is 6.25. The monoisotopic (exact) mass is 413 g/mol. The van der Waals surface area contributed by atoms with Gasteiger partial charge in [-0.2, -0.15) is 5.10 Å². The number of rotatable bonds is 4. The first kappa shape index (κ1) is 18.3. The minimum absolute atomic E-state index is 0.216. The second-order valence-electron chi connectivity index (χ2n) is 6.23. The van der Waals surface area contributed by atoms with Gasteiger partial charge in [-0.1, -0.05) is 0 Å². The molecule has 3 aromatic heterocycles. The number of halogens is 1. The predicted molar refractivity (Wildman–Crippen MR) is 104 cm³/mol. The molecule has 0 atom stereocenters. The first-order chi connectivity index (χ1) is 12.4. The van der Waals surface area contributed by atoms with Crippen molar-refractivity contribution in [3.63, 3.8) is 0 Å². The molecule has 0 aliphatic carbocycles. The molecule has 0 spiro atoms. The van der Waals surface area contributed by atoms with E-state index in [9.17, 15) is 4.79 Å². The molecule has 0 aliphatic rings. The highest BCUT2D eigenvalue weighted by atomic mass is 79.9. The van der Waals surface area contributed by atoms with E-state index in [1.54, 1.807) is 12.4 Å². The number of hydrogen-bond acceptors (Lipinski definition) is 4. The average Bonchev–Trinajstić information content (AvgIpc) is 2.95. The molecule has 0 fully saturated rings. The molecular weight excluding hydrogens is 394 g/mol. The van der Waals surface area contributed by atoms with E-state index in [2.05, 4.69) is 36.3 Å². The molecule has 6 nitrogen and oxygen atoms in total. The summed E-state index contributed by atoms with van der Waals surface area (Å²) < 4.78 is 2.70. The van der Waals surface area contributed by atoms with Gasteiger partial charge in [0.05, 0.1) is 6.20 Å². The van der Waals surface area contributed by atoms with Gasteiger partial charge in [-0.25, -0.2) is 0 Å². The van der Waals surface area contributed by atoms with Crippen molar-refractivity contribution < 1.29 is 4.79 Å². The number of carbonyl (C=O) groups is 1. The van der Waals surface area contributed by atoms with Gasteiger partial charge in [0.15, 0.2) is 0 Å². The average molecular weight is 414 g/mol. The minimum atomic E-state index is -0.216. The molecule has 1 N–H and O–H groups in total. The second-order valence-corrected chi connectivity index (χ2v) is 7.15. The lowest BCUT2D eigenvalue weighted by molar-refractivity contribution is 0.0946. The smallest absolute Gasteiger partial charge is 0.270 e. The number of hydrogen-bond donors (Lipinski definition) is 1. The van der Waals surface area contributed by atoms with Crippen LogP contribution in [0.3, 0.4) is 0 Å². The van der Waals surface area contributed by atoms with Crippen molar-refractivity contribution in [1.29, 1.82) is 0 Å². The maximum Gasteiger partial charge on any atom is 0.270 e. The van der Waals surface area contributed by atoms with Gasteiger partial charge in [0, 0.05) is 47.4 Å². The molecule has 1 amide bonds. The molecule has 0 unspecified atom stereocenters. The van der Waals surface area contributed by atoms with Crippen LogP contribution in [-0.4, -0.2) is 25.7 Å². The van der Waals surface area contributed by atoms with Crippen molar-refractivity contribution in [3.8, 4) is 11.1 Å². The van der Waals surface area contributed by atoms with E-state index >= 15 is 0 Å². The van der Waals surface area contributed by atoms with Gasteiger partial charge in [0.1, 0.15) is 5.69 Å². The fourth-order valence-corrected chi connectivity index (χ4v) is 3.07. The molecule has 0 bridgehead atoms. The van der Waals surface area contributed by atoms with Crippen molar-refractivity contribution in [3.05, 3.63) is 63.4 Å².